The van der Waals surface area contributed by atoms with E-state index in [0.29, 0.717) is 47.3 Å². The summed E-state index contributed by atoms with van der Waals surface area (Å²) in [5.41, 5.74) is 0.546. The maximum Gasteiger partial charge on any atom is 0.482 e. The second-order valence-electron chi connectivity index (χ2n) is 13.3. The lowest BCUT2D eigenvalue weighted by Crippen LogP contribution is -2.35. The molecule has 3 aromatic rings. The number of carbonyl (C=O) groups excluding carboxylic acids is 3. The summed E-state index contributed by atoms with van der Waals surface area (Å²) in [5.74, 6) is -3.97. The van der Waals surface area contributed by atoms with Crippen molar-refractivity contribution in [1.82, 2.24) is 20.2 Å². The van der Waals surface area contributed by atoms with E-state index >= 15 is 4.39 Å². The van der Waals surface area contributed by atoms with Gasteiger partial charge in [-0.3, -0.25) is 23.4 Å². The van der Waals surface area contributed by atoms with Crippen LogP contribution in [0, 0.1) is 12.7 Å². The number of nitrogens with zero attached hydrogens (tertiary/aromatic N) is 2. The third-order valence-electron chi connectivity index (χ3n) is 9.42. The standard InChI is InChI=1S/C34H39F3N4O14P2/c1-3-8-50-9-4-10-51-16-26(42)38-7-11-53-56(46,47)55-57(48,49)54-30-19-12-25-29-20(14-41(25)33(44)21(19)15-52-34(30)45)28-23(40-32(43)31(36)37)6-5-18-17(2)22(35)13-24(39-29)27(18)28/h12-13,23,30-31H,3-11,14-16H2,1-2H3,(H,38,42)(H,40,43)(H,46,47)(H,48,49)/t23-,30-/m0/s1. The number of esters is 1. The smallest absolute Gasteiger partial charge is 0.458 e. The van der Waals surface area contributed by atoms with Crippen molar-refractivity contribution in [3.05, 3.63) is 61.7 Å². The SMILES string of the molecule is CCCOCCCOCC(=O)NCCOP(=O)(O)OP(=O)(O)O[C@@H]1C(=O)OCc2c1cc1n(c2=O)Cc2c-1nc1cc(F)c(C)c3c1c2[C@@H](NC(=O)C(F)F)CC3. The van der Waals surface area contributed by atoms with Crippen molar-refractivity contribution in [2.45, 2.75) is 71.3 Å². The largest absolute Gasteiger partial charge is 0.482 e. The van der Waals surface area contributed by atoms with Crippen LogP contribution in [0.5, 0.6) is 0 Å². The average molecular weight is 847 g/mol. The Balaban J connectivity index is 1.20. The number of carbonyl (C=O) groups is 3. The molecule has 2 amide bonds. The van der Waals surface area contributed by atoms with Gasteiger partial charge in [-0.2, -0.15) is 13.1 Å². The van der Waals surface area contributed by atoms with E-state index in [4.69, 9.17) is 18.7 Å². The molecule has 57 heavy (non-hydrogen) atoms. The van der Waals surface area contributed by atoms with Gasteiger partial charge in [0.2, 0.25) is 5.91 Å². The van der Waals surface area contributed by atoms with Crippen molar-refractivity contribution < 1.29 is 74.0 Å². The number of ether oxygens (including phenoxy) is 3. The number of alkyl halides is 2. The minimum absolute atomic E-state index is 0.0283. The second kappa shape index (κ2) is 17.4. The number of nitrogens with one attached hydrogen (secondary N) is 2. The lowest BCUT2D eigenvalue weighted by Gasteiger charge is -2.29. The Labute approximate surface area is 322 Å². The van der Waals surface area contributed by atoms with Crippen LogP contribution in [-0.2, 0) is 70.7 Å². The lowest BCUT2D eigenvalue weighted by atomic mass is 9.81. The number of aromatic nitrogens is 2. The summed E-state index contributed by atoms with van der Waals surface area (Å²) in [6, 6.07) is 1.41. The number of halogens is 3. The lowest BCUT2D eigenvalue weighted by molar-refractivity contribution is -0.157. The maximum atomic E-state index is 15.1. The zero-order valence-electron chi connectivity index (χ0n) is 30.6. The number of hydrogen-bond acceptors (Lipinski definition) is 13. The fraction of sp³-hybridized carbons (Fsp3) is 0.500. The van der Waals surface area contributed by atoms with E-state index in [1.54, 1.807) is 6.92 Å². The maximum absolute atomic E-state index is 15.1. The molecular weight excluding hydrogens is 807 g/mol. The Morgan fingerprint density at radius 3 is 2.56 bits per heavy atom. The van der Waals surface area contributed by atoms with Crippen LogP contribution in [-0.4, -0.2) is 83.1 Å². The molecule has 310 valence electrons. The van der Waals surface area contributed by atoms with Crippen molar-refractivity contribution in [2.75, 3.05) is 39.6 Å². The number of cyclic esters (lactones) is 1. The molecule has 4 N–H and O–H groups in total. The number of phosphoric ester groups is 2. The first-order chi connectivity index (χ1) is 27.0. The van der Waals surface area contributed by atoms with Crippen molar-refractivity contribution >= 4 is 44.3 Å². The number of benzene rings is 1. The quantitative estimate of drug-likeness (QED) is 0.0636. The van der Waals surface area contributed by atoms with Crippen molar-refractivity contribution in [3.8, 4) is 11.4 Å². The van der Waals surface area contributed by atoms with Crippen LogP contribution in [0.25, 0.3) is 22.3 Å². The monoisotopic (exact) mass is 846 g/mol. The molecule has 2 aromatic heterocycles. The van der Waals surface area contributed by atoms with Crippen LogP contribution in [0.1, 0.15) is 71.7 Å². The molecule has 2 unspecified atom stereocenters. The number of phosphoric acid groups is 2. The summed E-state index contributed by atoms with van der Waals surface area (Å²) in [4.78, 5) is 76.2. The van der Waals surface area contributed by atoms with Crippen LogP contribution in [0.3, 0.4) is 0 Å². The molecule has 4 heterocycles. The summed E-state index contributed by atoms with van der Waals surface area (Å²) in [6.07, 6.45) is -3.68. The van der Waals surface area contributed by atoms with E-state index < -0.39 is 76.6 Å². The molecule has 4 atom stereocenters. The van der Waals surface area contributed by atoms with Gasteiger partial charge in [0.1, 0.15) is 19.0 Å². The van der Waals surface area contributed by atoms with Gasteiger partial charge in [0.15, 0.2) is 6.10 Å². The Morgan fingerprint density at radius 2 is 1.82 bits per heavy atom. The van der Waals surface area contributed by atoms with Gasteiger partial charge in [-0.05, 0) is 55.4 Å². The zero-order chi connectivity index (χ0) is 41.2. The number of pyridine rings is 2. The molecule has 18 nitrogen and oxygen atoms in total. The molecule has 0 saturated heterocycles. The average Bonchev–Trinajstić information content (AvgIpc) is 3.51. The van der Waals surface area contributed by atoms with E-state index in [-0.39, 0.29) is 67.2 Å². The van der Waals surface area contributed by atoms with Crippen LogP contribution in [0.2, 0.25) is 0 Å². The number of fused-ring (bicyclic) bond motifs is 5. The highest BCUT2D eigenvalue weighted by Crippen LogP contribution is 2.62. The molecule has 2 aliphatic heterocycles. The highest BCUT2D eigenvalue weighted by Gasteiger charge is 2.44. The van der Waals surface area contributed by atoms with E-state index in [1.165, 1.54) is 10.6 Å². The third kappa shape index (κ3) is 9.32. The van der Waals surface area contributed by atoms with E-state index in [1.807, 2.05) is 6.92 Å². The second-order valence-corrected chi connectivity index (χ2v) is 16.3. The van der Waals surface area contributed by atoms with Gasteiger partial charge in [-0.1, -0.05) is 6.92 Å². The van der Waals surface area contributed by atoms with Crippen molar-refractivity contribution in [1.29, 1.82) is 0 Å². The van der Waals surface area contributed by atoms with Crippen LogP contribution >= 0.6 is 15.6 Å². The van der Waals surface area contributed by atoms with Crippen LogP contribution in [0.4, 0.5) is 13.2 Å². The Morgan fingerprint density at radius 1 is 1.07 bits per heavy atom. The van der Waals surface area contributed by atoms with Crippen molar-refractivity contribution in [3.63, 3.8) is 0 Å². The minimum atomic E-state index is -5.68. The van der Waals surface area contributed by atoms with Gasteiger partial charge < -0.3 is 39.2 Å². The molecule has 0 radical (unpaired) electrons. The molecule has 1 aliphatic carbocycles. The summed E-state index contributed by atoms with van der Waals surface area (Å²) in [5, 5.41) is 5.13. The van der Waals surface area contributed by atoms with Crippen molar-refractivity contribution in [2.24, 2.45) is 0 Å². The third-order valence-corrected chi connectivity index (χ3v) is 12.1. The molecule has 0 spiro atoms. The molecule has 6 rings (SSSR count). The summed E-state index contributed by atoms with van der Waals surface area (Å²) >= 11 is 0. The number of aryl methyl sites for hydroxylation is 1. The first kappa shape index (κ1) is 42.6. The van der Waals surface area contributed by atoms with E-state index in [0.717, 1.165) is 12.5 Å². The normalized spacial score (nSPS) is 19.0. The van der Waals surface area contributed by atoms with Gasteiger partial charge in [0.25, 0.3) is 11.5 Å². The Bertz CT molecular complexity index is 2260. The Kier molecular flexibility index (Phi) is 13.0. The molecule has 0 fully saturated rings. The zero-order valence-corrected chi connectivity index (χ0v) is 32.4. The first-order valence-corrected chi connectivity index (χ1v) is 20.8. The molecule has 3 aliphatic rings. The highest BCUT2D eigenvalue weighted by molar-refractivity contribution is 7.61. The number of rotatable bonds is 18. The summed E-state index contributed by atoms with van der Waals surface area (Å²) in [7, 11) is -11.1. The highest BCUT2D eigenvalue weighted by atomic mass is 31.3. The van der Waals surface area contributed by atoms with E-state index in [2.05, 4.69) is 24.5 Å². The van der Waals surface area contributed by atoms with Gasteiger partial charge >= 0.3 is 28.0 Å². The van der Waals surface area contributed by atoms with Gasteiger partial charge in [0, 0.05) is 48.9 Å². The van der Waals surface area contributed by atoms with Gasteiger partial charge in [-0.15, -0.1) is 0 Å². The number of amides is 2. The fourth-order valence-electron chi connectivity index (χ4n) is 6.95. The van der Waals surface area contributed by atoms with Crippen LogP contribution < -0.4 is 16.2 Å². The number of hydrogen-bond donors (Lipinski definition) is 4. The molecule has 23 heteroatoms. The van der Waals surface area contributed by atoms with E-state index in [9.17, 15) is 46.9 Å². The molecule has 0 bridgehead atoms. The summed E-state index contributed by atoms with van der Waals surface area (Å²) in [6.45, 7) is 2.77. The molecular formula is C34H39F3N4O14P2. The summed E-state index contributed by atoms with van der Waals surface area (Å²) < 4.78 is 98.3. The molecule has 0 saturated carbocycles. The minimum Gasteiger partial charge on any atom is -0.458 e. The topological polar surface area (TPSA) is 240 Å². The fourth-order valence-corrected chi connectivity index (χ4v) is 9.12. The predicted octanol–water partition coefficient (Wildman–Crippen LogP) is 3.54. The Hall–Kier alpha value is -4.04. The predicted molar refractivity (Wildman–Crippen MR) is 190 cm³/mol. The van der Waals surface area contributed by atoms with Crippen LogP contribution in [0.15, 0.2) is 16.9 Å². The van der Waals surface area contributed by atoms with Gasteiger partial charge in [0.05, 0.1) is 41.7 Å². The molecule has 1 aromatic carbocycles. The van der Waals surface area contributed by atoms with Gasteiger partial charge in [-0.25, -0.2) is 23.3 Å². The first-order valence-electron chi connectivity index (χ1n) is 17.8.